The van der Waals surface area contributed by atoms with Crippen LogP contribution < -0.4 is 5.73 Å². The van der Waals surface area contributed by atoms with E-state index in [4.69, 9.17) is 5.73 Å². The zero-order valence-corrected chi connectivity index (χ0v) is 11.3. The molecule has 3 N–H and O–H groups in total. The average molecular weight is 275 g/mol. The van der Waals surface area contributed by atoms with Gasteiger partial charge in [-0.2, -0.15) is 0 Å². The van der Waals surface area contributed by atoms with Gasteiger partial charge in [0.05, 0.1) is 22.7 Å². The summed E-state index contributed by atoms with van der Waals surface area (Å²) in [6.07, 6.45) is -0.729. The first kappa shape index (κ1) is 13.9. The predicted molar refractivity (Wildman–Crippen MR) is 77.0 cm³/mol. The predicted octanol–water partition coefficient (Wildman–Crippen LogP) is 1.99. The minimum atomic E-state index is -1.20. The smallest absolute Gasteiger partial charge is 0.0908 e. The third-order valence-corrected chi connectivity index (χ3v) is 4.33. The highest BCUT2D eigenvalue weighted by molar-refractivity contribution is 7.85. The van der Waals surface area contributed by atoms with Gasteiger partial charge < -0.3 is 10.8 Å². The molecule has 0 bridgehead atoms. The molecular weight excluding hydrogens is 258 g/mol. The van der Waals surface area contributed by atoms with Crippen LogP contribution in [0.3, 0.4) is 0 Å². The summed E-state index contributed by atoms with van der Waals surface area (Å²) in [5.74, 6) is 0.200. The van der Waals surface area contributed by atoms with E-state index in [1.54, 1.807) is 12.1 Å². The molecule has 0 spiro atoms. The van der Waals surface area contributed by atoms with E-state index in [1.807, 2.05) is 42.5 Å². The van der Waals surface area contributed by atoms with Gasteiger partial charge in [-0.05, 0) is 23.3 Å². The topological polar surface area (TPSA) is 63.3 Å². The van der Waals surface area contributed by atoms with Crippen molar-refractivity contribution >= 4 is 10.8 Å². The SMILES string of the molecule is NCc1ccc(C(O)CS(=O)c2ccccc2)cc1. The molecule has 0 saturated carbocycles. The van der Waals surface area contributed by atoms with E-state index in [0.717, 1.165) is 16.0 Å². The third kappa shape index (κ3) is 3.73. The Bertz CT molecular complexity index is 540. The molecule has 19 heavy (non-hydrogen) atoms. The number of nitrogens with two attached hydrogens (primary N) is 1. The van der Waals surface area contributed by atoms with Crippen molar-refractivity contribution in [1.82, 2.24) is 0 Å². The minimum absolute atomic E-state index is 0.200. The summed E-state index contributed by atoms with van der Waals surface area (Å²) in [6, 6.07) is 16.6. The average Bonchev–Trinajstić information content (AvgIpc) is 2.48. The fourth-order valence-corrected chi connectivity index (χ4v) is 2.92. The first-order chi connectivity index (χ1) is 9.20. The van der Waals surface area contributed by atoms with Gasteiger partial charge in [-0.1, -0.05) is 42.5 Å². The van der Waals surface area contributed by atoms with E-state index in [-0.39, 0.29) is 5.75 Å². The van der Waals surface area contributed by atoms with Crippen LogP contribution in [0.25, 0.3) is 0 Å². The summed E-state index contributed by atoms with van der Waals surface area (Å²) < 4.78 is 12.1. The van der Waals surface area contributed by atoms with Crippen LogP contribution in [0.1, 0.15) is 17.2 Å². The van der Waals surface area contributed by atoms with Gasteiger partial charge in [-0.15, -0.1) is 0 Å². The fraction of sp³-hybridized carbons (Fsp3) is 0.200. The van der Waals surface area contributed by atoms with Gasteiger partial charge in [0, 0.05) is 11.4 Å². The van der Waals surface area contributed by atoms with E-state index in [0.29, 0.717) is 6.54 Å². The number of hydrogen-bond donors (Lipinski definition) is 2. The highest BCUT2D eigenvalue weighted by Gasteiger charge is 2.13. The second-order valence-corrected chi connectivity index (χ2v) is 5.78. The maximum atomic E-state index is 12.1. The maximum absolute atomic E-state index is 12.1. The lowest BCUT2D eigenvalue weighted by atomic mass is 10.1. The van der Waals surface area contributed by atoms with Crippen LogP contribution in [0.4, 0.5) is 0 Å². The van der Waals surface area contributed by atoms with Crippen molar-refractivity contribution in [3.05, 3.63) is 65.7 Å². The molecule has 2 aromatic carbocycles. The molecule has 2 unspecified atom stereocenters. The summed E-state index contributed by atoms with van der Waals surface area (Å²) >= 11 is 0. The Kier molecular flexibility index (Phi) is 4.85. The van der Waals surface area contributed by atoms with Crippen molar-refractivity contribution in [1.29, 1.82) is 0 Å². The minimum Gasteiger partial charge on any atom is -0.387 e. The molecule has 4 heteroatoms. The normalized spacial score (nSPS) is 14.0. The van der Waals surface area contributed by atoms with E-state index >= 15 is 0 Å². The second kappa shape index (κ2) is 6.61. The zero-order valence-electron chi connectivity index (χ0n) is 10.5. The molecule has 0 radical (unpaired) electrons. The number of aliphatic hydroxyl groups excluding tert-OH is 1. The Morgan fingerprint density at radius 1 is 1.05 bits per heavy atom. The largest absolute Gasteiger partial charge is 0.387 e. The van der Waals surface area contributed by atoms with Crippen LogP contribution in [-0.2, 0) is 17.3 Å². The molecule has 100 valence electrons. The first-order valence-electron chi connectivity index (χ1n) is 6.11. The standard InChI is InChI=1S/C15H17NO2S/c16-10-12-6-8-13(9-7-12)15(17)11-19(18)14-4-2-1-3-5-14/h1-9,15,17H,10-11,16H2. The lowest BCUT2D eigenvalue weighted by Gasteiger charge is -2.11. The van der Waals surface area contributed by atoms with Crippen LogP contribution in [0.5, 0.6) is 0 Å². The molecule has 3 nitrogen and oxygen atoms in total. The van der Waals surface area contributed by atoms with Crippen LogP contribution in [0.2, 0.25) is 0 Å². The van der Waals surface area contributed by atoms with Crippen LogP contribution in [-0.4, -0.2) is 15.1 Å². The lowest BCUT2D eigenvalue weighted by molar-refractivity contribution is 0.203. The summed E-state index contributed by atoms with van der Waals surface area (Å²) in [5, 5.41) is 10.1. The number of aliphatic hydroxyl groups is 1. The number of hydrogen-bond acceptors (Lipinski definition) is 3. The van der Waals surface area contributed by atoms with E-state index in [2.05, 4.69) is 0 Å². The van der Waals surface area contributed by atoms with Crippen molar-refractivity contribution < 1.29 is 9.32 Å². The van der Waals surface area contributed by atoms with Crippen LogP contribution in [0.15, 0.2) is 59.5 Å². The van der Waals surface area contributed by atoms with Crippen molar-refractivity contribution in [2.45, 2.75) is 17.5 Å². The Morgan fingerprint density at radius 3 is 2.26 bits per heavy atom. The molecule has 0 aliphatic carbocycles. The van der Waals surface area contributed by atoms with Gasteiger partial charge in [-0.3, -0.25) is 4.21 Å². The van der Waals surface area contributed by atoms with Crippen molar-refractivity contribution in [3.63, 3.8) is 0 Å². The Balaban J connectivity index is 2.04. The van der Waals surface area contributed by atoms with Gasteiger partial charge in [0.2, 0.25) is 0 Å². The monoisotopic (exact) mass is 275 g/mol. The summed E-state index contributed by atoms with van der Waals surface area (Å²) in [5.41, 5.74) is 7.30. The molecule has 0 heterocycles. The third-order valence-electron chi connectivity index (χ3n) is 2.92. The fourth-order valence-electron chi connectivity index (χ4n) is 1.78. The Labute approximate surface area is 115 Å². The van der Waals surface area contributed by atoms with Gasteiger partial charge in [-0.25, -0.2) is 0 Å². The zero-order chi connectivity index (χ0) is 13.7. The molecular formula is C15H17NO2S. The quantitative estimate of drug-likeness (QED) is 0.877. The van der Waals surface area contributed by atoms with Gasteiger partial charge >= 0.3 is 0 Å². The Morgan fingerprint density at radius 2 is 1.68 bits per heavy atom. The summed E-state index contributed by atoms with van der Waals surface area (Å²) in [7, 11) is -1.20. The summed E-state index contributed by atoms with van der Waals surface area (Å²) in [4.78, 5) is 0.736. The number of rotatable bonds is 5. The van der Waals surface area contributed by atoms with Gasteiger partial charge in [0.25, 0.3) is 0 Å². The molecule has 0 saturated heterocycles. The molecule has 0 aliphatic rings. The Hall–Kier alpha value is -1.49. The van der Waals surface area contributed by atoms with Crippen LogP contribution >= 0.6 is 0 Å². The van der Waals surface area contributed by atoms with Crippen molar-refractivity contribution in [2.24, 2.45) is 5.73 Å². The molecule has 2 atom stereocenters. The first-order valence-corrected chi connectivity index (χ1v) is 7.43. The highest BCUT2D eigenvalue weighted by atomic mass is 32.2. The van der Waals surface area contributed by atoms with Crippen molar-refractivity contribution in [2.75, 3.05) is 5.75 Å². The van der Waals surface area contributed by atoms with Gasteiger partial charge in [0.15, 0.2) is 0 Å². The molecule has 0 aromatic heterocycles. The van der Waals surface area contributed by atoms with E-state index in [9.17, 15) is 9.32 Å². The lowest BCUT2D eigenvalue weighted by Crippen LogP contribution is -2.09. The molecule has 2 rings (SSSR count). The molecule has 0 aliphatic heterocycles. The summed E-state index contributed by atoms with van der Waals surface area (Å²) in [6.45, 7) is 0.478. The maximum Gasteiger partial charge on any atom is 0.0908 e. The highest BCUT2D eigenvalue weighted by Crippen LogP contribution is 2.17. The van der Waals surface area contributed by atoms with Crippen LogP contribution in [0, 0.1) is 0 Å². The van der Waals surface area contributed by atoms with Gasteiger partial charge in [0.1, 0.15) is 0 Å². The second-order valence-electron chi connectivity index (χ2n) is 4.29. The van der Waals surface area contributed by atoms with Crippen molar-refractivity contribution in [3.8, 4) is 0 Å². The molecule has 2 aromatic rings. The molecule has 0 amide bonds. The van der Waals surface area contributed by atoms with E-state index < -0.39 is 16.9 Å². The molecule has 0 fully saturated rings. The number of benzene rings is 2. The van der Waals surface area contributed by atoms with E-state index in [1.165, 1.54) is 0 Å².